The molecule has 1 saturated heterocycles. The summed E-state index contributed by atoms with van der Waals surface area (Å²) in [4.78, 5) is 37.7. The van der Waals surface area contributed by atoms with Gasteiger partial charge in [0.25, 0.3) is 5.78 Å². The highest BCUT2D eigenvalue weighted by atomic mass is 16.6. The van der Waals surface area contributed by atoms with Crippen molar-refractivity contribution in [2.75, 3.05) is 13.2 Å². The van der Waals surface area contributed by atoms with Gasteiger partial charge in [0, 0.05) is 6.92 Å². The molecule has 0 aromatic carbocycles. The van der Waals surface area contributed by atoms with Gasteiger partial charge >= 0.3 is 11.7 Å². The lowest BCUT2D eigenvalue weighted by Crippen LogP contribution is -2.64. The normalized spacial score (nSPS) is 29.3. The van der Waals surface area contributed by atoms with Crippen LogP contribution in [0, 0.1) is 5.92 Å². The van der Waals surface area contributed by atoms with Gasteiger partial charge in [-0.05, 0) is 6.92 Å². The van der Waals surface area contributed by atoms with E-state index in [1.165, 1.54) is 6.92 Å². The lowest BCUT2D eigenvalue weighted by Gasteiger charge is -2.41. The molecule has 4 N–H and O–H groups in total. The highest BCUT2D eigenvalue weighted by Crippen LogP contribution is 2.26. The molecule has 1 fully saturated rings. The van der Waals surface area contributed by atoms with Crippen LogP contribution in [0.1, 0.15) is 13.8 Å². The molecule has 1 amide bonds. The van der Waals surface area contributed by atoms with Crippen LogP contribution in [0.15, 0.2) is 0 Å². The van der Waals surface area contributed by atoms with Crippen LogP contribution in [0.2, 0.25) is 0 Å². The summed E-state index contributed by atoms with van der Waals surface area (Å²) in [5.74, 6) is -4.79. The largest absolute Gasteiger partial charge is 0.457 e. The molecule has 0 saturated carbocycles. The first-order chi connectivity index (χ1) is 11.3. The van der Waals surface area contributed by atoms with Gasteiger partial charge in [0.15, 0.2) is 6.29 Å². The second kappa shape index (κ2) is 8.62. The van der Waals surface area contributed by atoms with Crippen molar-refractivity contribution in [2.45, 2.75) is 38.4 Å². The van der Waals surface area contributed by atoms with Crippen molar-refractivity contribution in [3.8, 4) is 0 Å². The maximum absolute atomic E-state index is 12.3. The Morgan fingerprint density at radius 1 is 1.33 bits per heavy atom. The van der Waals surface area contributed by atoms with Crippen molar-refractivity contribution >= 4 is 23.4 Å². The Morgan fingerprint density at radius 3 is 2.42 bits per heavy atom. The zero-order valence-corrected chi connectivity index (χ0v) is 13.1. The van der Waals surface area contributed by atoms with E-state index in [1.807, 2.05) is 0 Å². The second-order valence-corrected chi connectivity index (χ2v) is 5.02. The SMILES string of the molecule is CCOC(=O)C(=[N+]=[N-])C(=O)C1C(O)OC(CO)C(NC(C)=O)C1O. The molecule has 0 aromatic heterocycles. The Bertz CT molecular complexity index is 559. The summed E-state index contributed by atoms with van der Waals surface area (Å²) in [6.45, 7) is 1.85. The molecule has 1 rings (SSSR count). The van der Waals surface area contributed by atoms with Gasteiger partial charge in [-0.15, -0.1) is 0 Å². The molecule has 1 heterocycles. The molecule has 1 aliphatic rings. The molecule has 1 aliphatic heterocycles. The number of amides is 1. The Labute approximate surface area is 136 Å². The number of aliphatic hydroxyl groups excluding tert-OH is 3. The minimum atomic E-state index is -1.90. The summed E-state index contributed by atoms with van der Waals surface area (Å²) in [6.07, 6.45) is -4.80. The quantitative estimate of drug-likeness (QED) is 0.129. The van der Waals surface area contributed by atoms with Gasteiger partial charge in [0.2, 0.25) is 5.91 Å². The van der Waals surface area contributed by atoms with Crippen molar-refractivity contribution in [3.05, 3.63) is 5.53 Å². The van der Waals surface area contributed by atoms with Gasteiger partial charge in [-0.2, -0.15) is 4.79 Å². The minimum Gasteiger partial charge on any atom is -0.457 e. The number of esters is 1. The first kappa shape index (κ1) is 19.9. The van der Waals surface area contributed by atoms with Gasteiger partial charge in [0.1, 0.15) is 12.0 Å². The summed E-state index contributed by atoms with van der Waals surface area (Å²) < 4.78 is 9.56. The molecule has 24 heavy (non-hydrogen) atoms. The monoisotopic (exact) mass is 345 g/mol. The molecule has 11 heteroatoms. The van der Waals surface area contributed by atoms with E-state index in [0.29, 0.717) is 0 Å². The molecule has 134 valence electrons. The van der Waals surface area contributed by atoms with E-state index in [9.17, 15) is 29.7 Å². The van der Waals surface area contributed by atoms with Crippen LogP contribution >= 0.6 is 0 Å². The number of rotatable bonds is 6. The number of nitrogens with one attached hydrogen (secondary N) is 1. The molecule has 0 bridgehead atoms. The number of carbonyl (C=O) groups is 3. The Morgan fingerprint density at radius 2 is 1.96 bits per heavy atom. The van der Waals surface area contributed by atoms with E-state index in [2.05, 4.69) is 14.8 Å². The van der Waals surface area contributed by atoms with E-state index in [-0.39, 0.29) is 6.61 Å². The fourth-order valence-corrected chi connectivity index (χ4v) is 2.36. The predicted molar refractivity (Wildman–Crippen MR) is 75.3 cm³/mol. The maximum Gasteiger partial charge on any atom is 0.442 e. The maximum atomic E-state index is 12.3. The summed E-state index contributed by atoms with van der Waals surface area (Å²) >= 11 is 0. The Hall–Kier alpha value is -2.17. The molecule has 0 radical (unpaired) electrons. The zero-order chi connectivity index (χ0) is 18.4. The number of Topliss-reactive ketones (excluding diaryl/α,β-unsaturated/α-hetero) is 1. The van der Waals surface area contributed by atoms with E-state index < -0.39 is 60.4 Å². The fraction of sp³-hybridized carbons (Fsp3) is 0.692. The average molecular weight is 345 g/mol. The number of nitrogens with zero attached hydrogens (tertiary/aromatic N) is 2. The topological polar surface area (TPSA) is 179 Å². The third kappa shape index (κ3) is 4.22. The van der Waals surface area contributed by atoms with Crippen LogP contribution in [0.3, 0.4) is 0 Å². The van der Waals surface area contributed by atoms with Crippen LogP contribution in [-0.2, 0) is 23.9 Å². The predicted octanol–water partition coefficient (Wildman–Crippen LogP) is -3.02. The number of ether oxygens (including phenoxy) is 2. The van der Waals surface area contributed by atoms with Crippen molar-refractivity contribution < 1.29 is 44.0 Å². The number of aliphatic hydroxyl groups is 3. The standard InChI is InChI=1S/C13H19N3O8/c1-3-23-13(22)9(16-14)11(20)7-10(19)8(15-5(2)18)6(4-17)24-12(7)21/h6-8,10,12,17,19,21H,3-4H2,1-2H3,(H,15,18). The van der Waals surface area contributed by atoms with Crippen LogP contribution in [0.25, 0.3) is 5.53 Å². The van der Waals surface area contributed by atoms with Gasteiger partial charge in [-0.1, -0.05) is 0 Å². The molecular weight excluding hydrogens is 326 g/mol. The minimum absolute atomic E-state index is 0.0987. The first-order valence-corrected chi connectivity index (χ1v) is 7.11. The lowest BCUT2D eigenvalue weighted by atomic mass is 9.84. The molecule has 0 aromatic rings. The Balaban J connectivity index is 3.11. The summed E-state index contributed by atoms with van der Waals surface area (Å²) in [5.41, 5.74) is 7.82. The lowest BCUT2D eigenvalue weighted by molar-refractivity contribution is -0.237. The first-order valence-electron chi connectivity index (χ1n) is 7.11. The van der Waals surface area contributed by atoms with Gasteiger partial charge in [0.05, 0.1) is 25.4 Å². The van der Waals surface area contributed by atoms with Crippen LogP contribution in [0.4, 0.5) is 0 Å². The smallest absolute Gasteiger partial charge is 0.442 e. The highest BCUT2D eigenvalue weighted by molar-refractivity contribution is 6.62. The molecule has 0 spiro atoms. The van der Waals surface area contributed by atoms with Gasteiger partial charge in [-0.3, -0.25) is 9.59 Å². The fourth-order valence-electron chi connectivity index (χ4n) is 2.36. The van der Waals surface area contributed by atoms with Crippen molar-refractivity contribution in [1.29, 1.82) is 0 Å². The number of hydrogen-bond donors (Lipinski definition) is 4. The van der Waals surface area contributed by atoms with E-state index in [0.717, 1.165) is 6.92 Å². The summed E-state index contributed by atoms with van der Waals surface area (Å²) in [6, 6.07) is -1.23. The summed E-state index contributed by atoms with van der Waals surface area (Å²) in [7, 11) is 0. The summed E-state index contributed by atoms with van der Waals surface area (Å²) in [5, 5.41) is 31.7. The molecule has 5 unspecified atom stereocenters. The molecule has 5 atom stereocenters. The second-order valence-electron chi connectivity index (χ2n) is 5.02. The molecule has 11 nitrogen and oxygen atoms in total. The number of hydrogen-bond acceptors (Lipinski definition) is 8. The van der Waals surface area contributed by atoms with Crippen LogP contribution < -0.4 is 5.32 Å². The van der Waals surface area contributed by atoms with Crippen molar-refractivity contribution in [1.82, 2.24) is 5.32 Å². The van der Waals surface area contributed by atoms with E-state index in [4.69, 9.17) is 10.3 Å². The zero-order valence-electron chi connectivity index (χ0n) is 13.1. The number of ketones is 1. The van der Waals surface area contributed by atoms with Crippen LogP contribution in [0.5, 0.6) is 0 Å². The third-order valence-electron chi connectivity index (χ3n) is 3.41. The van der Waals surface area contributed by atoms with Gasteiger partial charge in [-0.25, -0.2) is 4.79 Å². The van der Waals surface area contributed by atoms with Crippen LogP contribution in [-0.4, -0.2) is 81.2 Å². The highest BCUT2D eigenvalue weighted by Gasteiger charge is 2.52. The van der Waals surface area contributed by atoms with Crippen molar-refractivity contribution in [2.24, 2.45) is 5.92 Å². The van der Waals surface area contributed by atoms with E-state index >= 15 is 0 Å². The van der Waals surface area contributed by atoms with Gasteiger partial charge < -0.3 is 35.6 Å². The Kier molecular flexibility index (Phi) is 7.14. The van der Waals surface area contributed by atoms with Crippen molar-refractivity contribution in [3.63, 3.8) is 0 Å². The average Bonchev–Trinajstić information content (AvgIpc) is 2.50. The molecule has 0 aliphatic carbocycles. The number of carbonyl (C=O) groups excluding carboxylic acids is 3. The van der Waals surface area contributed by atoms with E-state index in [1.54, 1.807) is 0 Å². The molecular formula is C13H19N3O8. The third-order valence-corrected chi connectivity index (χ3v) is 3.41.